The van der Waals surface area contributed by atoms with Crippen LogP contribution in [0.2, 0.25) is 0 Å². The van der Waals surface area contributed by atoms with Crippen molar-refractivity contribution >= 4 is 11.4 Å². The number of pyridine rings is 3. The van der Waals surface area contributed by atoms with Crippen molar-refractivity contribution in [3.05, 3.63) is 82.0 Å². The molecule has 2 fully saturated rings. The molecule has 0 aromatic carbocycles. The van der Waals surface area contributed by atoms with Crippen LogP contribution in [0, 0.1) is 11.3 Å². The summed E-state index contributed by atoms with van der Waals surface area (Å²) in [6, 6.07) is 15.8. The van der Waals surface area contributed by atoms with Crippen LogP contribution < -0.4 is 10.9 Å². The van der Waals surface area contributed by atoms with Gasteiger partial charge < -0.3 is 10.2 Å². The molecule has 186 valence electrons. The van der Waals surface area contributed by atoms with Gasteiger partial charge in [-0.05, 0) is 81.7 Å². The molecule has 3 aromatic heterocycles. The number of amides is 1. The normalized spacial score (nSPS) is 19.1. The summed E-state index contributed by atoms with van der Waals surface area (Å²) in [4.78, 5) is 35.4. The van der Waals surface area contributed by atoms with Crippen molar-refractivity contribution in [3.63, 3.8) is 0 Å². The Labute approximate surface area is 211 Å². The number of carbonyl (C=O) groups excluding carboxylic acids is 1. The quantitative estimate of drug-likeness (QED) is 0.598. The van der Waals surface area contributed by atoms with E-state index in [0.717, 1.165) is 55.8 Å². The third-order valence-electron chi connectivity index (χ3n) is 7.73. The van der Waals surface area contributed by atoms with Gasteiger partial charge in [-0.15, -0.1) is 0 Å². The van der Waals surface area contributed by atoms with Crippen LogP contribution in [0.1, 0.15) is 47.3 Å². The Hall–Kier alpha value is -3.54. The Morgan fingerprint density at radius 1 is 1.14 bits per heavy atom. The number of hydrogen-bond acceptors (Lipinski definition) is 6. The van der Waals surface area contributed by atoms with Gasteiger partial charge in [0.05, 0.1) is 17.3 Å². The molecular weight excluding hydrogens is 452 g/mol. The first-order chi connectivity index (χ1) is 17.5. The van der Waals surface area contributed by atoms with Gasteiger partial charge in [-0.25, -0.2) is 0 Å². The largest absolute Gasteiger partial charge is 0.349 e. The first kappa shape index (κ1) is 24.2. The second kappa shape index (κ2) is 10.2. The molecule has 3 aromatic rings. The molecular formula is C28H32N6O2. The zero-order valence-corrected chi connectivity index (χ0v) is 20.7. The number of nitrogens with one attached hydrogen (secondary N) is 1. The lowest BCUT2D eigenvalue weighted by molar-refractivity contribution is 0.0915. The van der Waals surface area contributed by atoms with Gasteiger partial charge in [0.15, 0.2) is 0 Å². The molecule has 2 saturated heterocycles. The van der Waals surface area contributed by atoms with Gasteiger partial charge in [0.25, 0.3) is 11.5 Å². The van der Waals surface area contributed by atoms with Crippen molar-refractivity contribution < 1.29 is 4.79 Å². The third-order valence-corrected chi connectivity index (χ3v) is 7.73. The fraction of sp³-hybridized carbons (Fsp3) is 0.429. The standard InChI is InChI=1S/C28H32N6O2/c1-32-14-8-22(9-15-32)31-26(35)23-18-21(24-6-3-5-13-34(24)27(23)36)19-33-16-10-28(20-29,11-17-33)25-7-2-4-12-30-25/h2-7,12-13,18,22H,8-11,14-17,19H2,1H3,(H,31,35). The Morgan fingerprint density at radius 2 is 1.89 bits per heavy atom. The zero-order valence-electron chi connectivity index (χ0n) is 20.7. The van der Waals surface area contributed by atoms with Gasteiger partial charge in [0.1, 0.15) is 11.0 Å². The van der Waals surface area contributed by atoms with E-state index in [4.69, 9.17) is 0 Å². The molecule has 1 amide bonds. The highest BCUT2D eigenvalue weighted by molar-refractivity contribution is 5.94. The molecule has 0 spiro atoms. The van der Waals surface area contributed by atoms with Crippen LogP contribution >= 0.6 is 0 Å². The molecule has 8 nitrogen and oxygen atoms in total. The van der Waals surface area contributed by atoms with Crippen LogP contribution in [0.15, 0.2) is 59.7 Å². The number of hydrogen-bond donors (Lipinski definition) is 1. The Kier molecular flexibility index (Phi) is 6.86. The number of nitrogens with zero attached hydrogens (tertiary/aromatic N) is 5. The van der Waals surface area contributed by atoms with E-state index in [1.165, 1.54) is 0 Å². The molecule has 0 unspecified atom stereocenters. The van der Waals surface area contributed by atoms with E-state index < -0.39 is 5.41 Å². The predicted molar refractivity (Wildman–Crippen MR) is 138 cm³/mol. The Balaban J connectivity index is 1.37. The topological polar surface area (TPSA) is 93.7 Å². The van der Waals surface area contributed by atoms with Gasteiger partial charge >= 0.3 is 0 Å². The lowest BCUT2D eigenvalue weighted by Gasteiger charge is -2.37. The minimum atomic E-state index is -0.577. The molecule has 5 heterocycles. The Bertz CT molecular complexity index is 1330. The molecule has 0 saturated carbocycles. The van der Waals surface area contributed by atoms with Crippen molar-refractivity contribution in [2.45, 2.75) is 43.7 Å². The van der Waals surface area contributed by atoms with Crippen LogP contribution in [0.4, 0.5) is 0 Å². The third kappa shape index (κ3) is 4.77. The summed E-state index contributed by atoms with van der Waals surface area (Å²) in [5, 5.41) is 13.1. The van der Waals surface area contributed by atoms with E-state index in [1.807, 2.05) is 36.4 Å². The van der Waals surface area contributed by atoms with E-state index in [2.05, 4.69) is 33.2 Å². The molecule has 0 atom stereocenters. The van der Waals surface area contributed by atoms with E-state index >= 15 is 0 Å². The van der Waals surface area contributed by atoms with Crippen molar-refractivity contribution in [2.75, 3.05) is 33.2 Å². The number of rotatable bonds is 5. The molecule has 2 aliphatic rings. The first-order valence-electron chi connectivity index (χ1n) is 12.7. The van der Waals surface area contributed by atoms with Crippen molar-refractivity contribution in [1.29, 1.82) is 5.26 Å². The average molecular weight is 485 g/mol. The average Bonchev–Trinajstić information content (AvgIpc) is 2.92. The molecule has 8 heteroatoms. The second-order valence-electron chi connectivity index (χ2n) is 10.1. The van der Waals surface area contributed by atoms with E-state index in [9.17, 15) is 14.9 Å². The number of carbonyl (C=O) groups is 1. The van der Waals surface area contributed by atoms with E-state index in [1.54, 1.807) is 22.9 Å². The molecule has 0 bridgehead atoms. The van der Waals surface area contributed by atoms with Gasteiger partial charge in [0, 0.05) is 38.1 Å². The first-order valence-corrected chi connectivity index (χ1v) is 12.7. The van der Waals surface area contributed by atoms with Crippen LogP contribution in [-0.2, 0) is 12.0 Å². The molecule has 1 N–H and O–H groups in total. The molecule has 5 rings (SSSR count). The van der Waals surface area contributed by atoms with Crippen molar-refractivity contribution in [2.24, 2.45) is 0 Å². The highest BCUT2D eigenvalue weighted by atomic mass is 16.2. The number of likely N-dealkylation sites (tertiary alicyclic amines) is 2. The summed E-state index contributed by atoms with van der Waals surface area (Å²) in [7, 11) is 2.08. The fourth-order valence-electron chi connectivity index (χ4n) is 5.43. The highest BCUT2D eigenvalue weighted by Gasteiger charge is 2.37. The summed E-state index contributed by atoms with van der Waals surface area (Å²) in [6.45, 7) is 3.94. The van der Waals surface area contributed by atoms with Gasteiger partial charge in [-0.3, -0.25) is 23.9 Å². The minimum Gasteiger partial charge on any atom is -0.349 e. The smallest absolute Gasteiger partial charge is 0.267 e. The number of fused-ring (bicyclic) bond motifs is 1. The molecule has 0 radical (unpaired) electrons. The maximum atomic E-state index is 13.2. The SMILES string of the molecule is CN1CCC(NC(=O)c2cc(CN3CCC(C#N)(c4ccccn4)CC3)c3ccccn3c2=O)CC1. The van der Waals surface area contributed by atoms with Crippen LogP contribution in [0.25, 0.3) is 5.52 Å². The summed E-state index contributed by atoms with van der Waals surface area (Å²) >= 11 is 0. The maximum absolute atomic E-state index is 13.2. The predicted octanol–water partition coefficient (Wildman–Crippen LogP) is 2.58. The van der Waals surface area contributed by atoms with Gasteiger partial charge in [-0.1, -0.05) is 12.1 Å². The van der Waals surface area contributed by atoms with Gasteiger partial charge in [0.2, 0.25) is 0 Å². The molecule has 0 aliphatic carbocycles. The maximum Gasteiger partial charge on any atom is 0.267 e. The Morgan fingerprint density at radius 3 is 2.58 bits per heavy atom. The van der Waals surface area contributed by atoms with Gasteiger partial charge in [-0.2, -0.15) is 5.26 Å². The van der Waals surface area contributed by atoms with E-state index in [0.29, 0.717) is 19.4 Å². The lowest BCUT2D eigenvalue weighted by atomic mass is 9.76. The minimum absolute atomic E-state index is 0.0841. The van der Waals surface area contributed by atoms with Crippen LogP contribution in [0.5, 0.6) is 0 Å². The number of aromatic nitrogens is 2. The zero-order chi connectivity index (χ0) is 25.1. The highest BCUT2D eigenvalue weighted by Crippen LogP contribution is 2.34. The summed E-state index contributed by atoms with van der Waals surface area (Å²) in [5.74, 6) is -0.300. The summed E-state index contributed by atoms with van der Waals surface area (Å²) in [5.41, 5.74) is 1.89. The molecule has 36 heavy (non-hydrogen) atoms. The summed E-state index contributed by atoms with van der Waals surface area (Å²) < 4.78 is 1.58. The summed E-state index contributed by atoms with van der Waals surface area (Å²) in [6.07, 6.45) is 6.62. The molecule has 2 aliphatic heterocycles. The number of nitriles is 1. The van der Waals surface area contributed by atoms with Crippen molar-refractivity contribution in [3.8, 4) is 6.07 Å². The monoisotopic (exact) mass is 484 g/mol. The van der Waals surface area contributed by atoms with E-state index in [-0.39, 0.29) is 23.1 Å². The second-order valence-corrected chi connectivity index (χ2v) is 10.1. The van der Waals surface area contributed by atoms with Crippen LogP contribution in [0.3, 0.4) is 0 Å². The fourth-order valence-corrected chi connectivity index (χ4v) is 5.43. The van der Waals surface area contributed by atoms with Crippen LogP contribution in [-0.4, -0.2) is 64.4 Å². The van der Waals surface area contributed by atoms with Crippen molar-refractivity contribution in [1.82, 2.24) is 24.5 Å². The lowest BCUT2D eigenvalue weighted by Crippen LogP contribution is -2.45. The number of piperidine rings is 2.